The summed E-state index contributed by atoms with van der Waals surface area (Å²) in [6, 6.07) is 50.9. The van der Waals surface area contributed by atoms with Crippen molar-refractivity contribution < 1.29 is 0 Å². The second kappa shape index (κ2) is 11.5. The van der Waals surface area contributed by atoms with Gasteiger partial charge in [0.15, 0.2) is 0 Å². The summed E-state index contributed by atoms with van der Waals surface area (Å²) in [6.07, 6.45) is 0. The maximum Gasteiger partial charge on any atom is 0.0546 e. The Morgan fingerprint density at radius 2 is 0.875 bits per heavy atom. The van der Waals surface area contributed by atoms with Gasteiger partial charge >= 0.3 is 0 Å². The van der Waals surface area contributed by atoms with Gasteiger partial charge in [-0.3, -0.25) is 0 Å². The summed E-state index contributed by atoms with van der Waals surface area (Å²) in [4.78, 5) is 2.34. The molecule has 4 heteroatoms. The Balaban J connectivity index is 1.73. The lowest BCUT2D eigenvalue weighted by Gasteiger charge is -2.30. The highest BCUT2D eigenvalue weighted by Gasteiger charge is 2.23. The third kappa shape index (κ3) is 5.33. The van der Waals surface area contributed by atoms with Gasteiger partial charge in [-0.2, -0.15) is 0 Å². The monoisotopic (exact) mass is 644 g/mol. The van der Waals surface area contributed by atoms with E-state index in [-0.39, 0.29) is 0 Å². The van der Waals surface area contributed by atoms with E-state index in [2.05, 4.69) is 170 Å². The summed E-state index contributed by atoms with van der Waals surface area (Å²) in [6.45, 7) is 0. The molecule has 0 aliphatic heterocycles. The predicted octanol–water partition coefficient (Wildman–Crippen LogP) is 11.3. The lowest BCUT2D eigenvalue weighted by Crippen LogP contribution is -2.12. The van der Waals surface area contributed by atoms with Crippen molar-refractivity contribution in [2.45, 2.75) is 0 Å². The summed E-state index contributed by atoms with van der Waals surface area (Å²) < 4.78 is 2.09. The number of nitrogens with two attached hydrogens (primary N) is 1. The van der Waals surface area contributed by atoms with E-state index in [1.807, 2.05) is 12.1 Å². The third-order valence-electron chi connectivity index (χ3n) is 6.94. The van der Waals surface area contributed by atoms with E-state index in [1.54, 1.807) is 0 Å². The molecule has 0 fully saturated rings. The number of anilines is 4. The topological polar surface area (TPSA) is 29.3 Å². The highest BCUT2D eigenvalue weighted by molar-refractivity contribution is 9.10. The van der Waals surface area contributed by atoms with Crippen LogP contribution in [0.25, 0.3) is 33.4 Å². The minimum absolute atomic E-state index is 0.748. The average Bonchev–Trinajstić information content (AvgIpc) is 3.00. The zero-order chi connectivity index (χ0) is 27.5. The normalized spacial score (nSPS) is 10.8. The number of nitrogens with zero attached hydrogens (tertiary/aromatic N) is 1. The SMILES string of the molecule is Nc1ccc(-c2ccc(N(c3ccccc3)c3ccccc3)c(-c3ccc(Br)cc3)c2-c2ccc(Br)cc2)cc1. The molecule has 2 N–H and O–H groups in total. The van der Waals surface area contributed by atoms with E-state index in [9.17, 15) is 0 Å². The highest BCUT2D eigenvalue weighted by atomic mass is 79.9. The molecule has 0 saturated heterocycles. The number of benzene rings is 6. The van der Waals surface area contributed by atoms with Crippen molar-refractivity contribution in [1.29, 1.82) is 0 Å². The molecule has 40 heavy (non-hydrogen) atoms. The van der Waals surface area contributed by atoms with Crippen molar-refractivity contribution in [3.05, 3.63) is 155 Å². The molecule has 194 valence electrons. The Morgan fingerprint density at radius 3 is 1.38 bits per heavy atom. The maximum absolute atomic E-state index is 6.08. The van der Waals surface area contributed by atoms with Crippen LogP contribution in [0.2, 0.25) is 0 Å². The van der Waals surface area contributed by atoms with Crippen LogP contribution in [0.4, 0.5) is 22.7 Å². The van der Waals surface area contributed by atoms with E-state index in [0.717, 1.165) is 65.1 Å². The highest BCUT2D eigenvalue weighted by Crippen LogP contribution is 2.49. The van der Waals surface area contributed by atoms with Gasteiger partial charge in [0.05, 0.1) is 5.69 Å². The number of halogens is 2. The zero-order valence-corrected chi connectivity index (χ0v) is 24.8. The minimum atomic E-state index is 0.748. The van der Waals surface area contributed by atoms with Gasteiger partial charge in [0.1, 0.15) is 0 Å². The number of hydrogen-bond acceptors (Lipinski definition) is 2. The van der Waals surface area contributed by atoms with E-state index in [1.165, 1.54) is 0 Å². The smallest absolute Gasteiger partial charge is 0.0546 e. The van der Waals surface area contributed by atoms with Crippen molar-refractivity contribution in [2.24, 2.45) is 0 Å². The molecule has 0 unspecified atom stereocenters. The molecule has 0 saturated carbocycles. The second-order valence-electron chi connectivity index (χ2n) is 9.52. The van der Waals surface area contributed by atoms with Crippen LogP contribution in [0, 0.1) is 0 Å². The predicted molar refractivity (Wildman–Crippen MR) is 177 cm³/mol. The molecule has 0 atom stereocenters. The average molecular weight is 646 g/mol. The molecule has 0 aliphatic carbocycles. The van der Waals surface area contributed by atoms with Crippen molar-refractivity contribution in [1.82, 2.24) is 0 Å². The van der Waals surface area contributed by atoms with Crippen LogP contribution in [-0.4, -0.2) is 0 Å². The van der Waals surface area contributed by atoms with E-state index >= 15 is 0 Å². The largest absolute Gasteiger partial charge is 0.399 e. The first-order chi connectivity index (χ1) is 19.6. The maximum atomic E-state index is 6.08. The molecule has 2 nitrogen and oxygen atoms in total. The van der Waals surface area contributed by atoms with Crippen LogP contribution in [0.15, 0.2) is 155 Å². The Kier molecular flexibility index (Phi) is 7.54. The fourth-order valence-electron chi connectivity index (χ4n) is 5.09. The first kappa shape index (κ1) is 26.1. The van der Waals surface area contributed by atoms with Gasteiger partial charge in [0.25, 0.3) is 0 Å². The molecule has 6 aromatic rings. The second-order valence-corrected chi connectivity index (χ2v) is 11.4. The molecule has 0 bridgehead atoms. The first-order valence-corrected chi connectivity index (χ1v) is 14.6. The van der Waals surface area contributed by atoms with Crippen molar-refractivity contribution in [2.75, 3.05) is 10.6 Å². The van der Waals surface area contributed by atoms with Gasteiger partial charge in [0.2, 0.25) is 0 Å². The Hall–Kier alpha value is -4.12. The summed E-state index contributed by atoms with van der Waals surface area (Å²) in [5.41, 5.74) is 16.9. The number of hydrogen-bond donors (Lipinski definition) is 1. The van der Waals surface area contributed by atoms with Crippen molar-refractivity contribution in [3.63, 3.8) is 0 Å². The Labute approximate surface area is 252 Å². The molecular weight excluding hydrogens is 620 g/mol. The van der Waals surface area contributed by atoms with Crippen LogP contribution >= 0.6 is 31.9 Å². The molecular formula is C36H26Br2N2. The third-order valence-corrected chi connectivity index (χ3v) is 8.00. The van der Waals surface area contributed by atoms with E-state index in [0.29, 0.717) is 0 Å². The number of rotatable bonds is 6. The van der Waals surface area contributed by atoms with Crippen LogP contribution in [0.5, 0.6) is 0 Å². The molecule has 0 radical (unpaired) electrons. The van der Waals surface area contributed by atoms with E-state index < -0.39 is 0 Å². The molecule has 6 rings (SSSR count). The number of nitrogen functional groups attached to an aromatic ring is 1. The van der Waals surface area contributed by atoms with E-state index in [4.69, 9.17) is 5.73 Å². The van der Waals surface area contributed by atoms with Gasteiger partial charge in [0, 0.05) is 31.6 Å². The minimum Gasteiger partial charge on any atom is -0.399 e. The zero-order valence-electron chi connectivity index (χ0n) is 21.6. The quantitative estimate of drug-likeness (QED) is 0.183. The van der Waals surface area contributed by atoms with Crippen LogP contribution in [-0.2, 0) is 0 Å². The van der Waals surface area contributed by atoms with Crippen molar-refractivity contribution >= 4 is 54.6 Å². The van der Waals surface area contributed by atoms with Gasteiger partial charge in [-0.15, -0.1) is 0 Å². The Bertz CT molecular complexity index is 1690. The standard InChI is InChI=1S/C36H26Br2N2/c37-28-17-11-26(12-18-28)35-33(25-15-21-30(39)22-16-25)23-24-34(36(35)27-13-19-29(38)20-14-27)40(31-7-3-1-4-8-31)32-9-5-2-6-10-32/h1-24H,39H2. The molecule has 6 aromatic carbocycles. The lowest BCUT2D eigenvalue weighted by molar-refractivity contribution is 1.28. The fraction of sp³-hybridized carbons (Fsp3) is 0. The van der Waals surface area contributed by atoms with Crippen molar-refractivity contribution in [3.8, 4) is 33.4 Å². The molecule has 0 aliphatic rings. The first-order valence-electron chi connectivity index (χ1n) is 13.0. The van der Waals surface area contributed by atoms with Gasteiger partial charge in [-0.25, -0.2) is 0 Å². The summed E-state index contributed by atoms with van der Waals surface area (Å²) in [5.74, 6) is 0. The lowest BCUT2D eigenvalue weighted by atomic mass is 9.86. The summed E-state index contributed by atoms with van der Waals surface area (Å²) in [7, 11) is 0. The summed E-state index contributed by atoms with van der Waals surface area (Å²) >= 11 is 7.27. The van der Waals surface area contributed by atoms with Crippen LogP contribution in [0.1, 0.15) is 0 Å². The van der Waals surface area contributed by atoms with Crippen LogP contribution in [0.3, 0.4) is 0 Å². The fourth-order valence-corrected chi connectivity index (χ4v) is 5.62. The molecule has 0 aromatic heterocycles. The molecule has 0 spiro atoms. The number of para-hydroxylation sites is 2. The van der Waals surface area contributed by atoms with Gasteiger partial charge in [-0.1, -0.05) is 111 Å². The Morgan fingerprint density at radius 1 is 0.425 bits per heavy atom. The summed E-state index contributed by atoms with van der Waals surface area (Å²) in [5, 5.41) is 0. The van der Waals surface area contributed by atoms with Gasteiger partial charge in [-0.05, 0) is 94.5 Å². The van der Waals surface area contributed by atoms with Crippen LogP contribution < -0.4 is 10.6 Å². The molecule has 0 heterocycles. The molecule has 0 amide bonds. The van der Waals surface area contributed by atoms with Gasteiger partial charge < -0.3 is 10.6 Å².